The molecule has 1 aromatic heterocycles. The molecule has 0 radical (unpaired) electrons. The predicted octanol–water partition coefficient (Wildman–Crippen LogP) is 0.260. The number of rotatable bonds is 11. The Bertz CT molecular complexity index is 805. The highest BCUT2D eigenvalue weighted by molar-refractivity contribution is 7.54. The van der Waals surface area contributed by atoms with E-state index in [1.54, 1.807) is 0 Å². The molecule has 0 fully saturated rings. The van der Waals surface area contributed by atoms with Gasteiger partial charge >= 0.3 is 13.3 Å². The average Bonchev–Trinajstić information content (AvgIpc) is 2.57. The minimum absolute atomic E-state index is 0.0725. The van der Waals surface area contributed by atoms with Crippen LogP contribution >= 0.6 is 7.60 Å². The van der Waals surface area contributed by atoms with Crippen LogP contribution in [0.5, 0.6) is 0 Å². The zero-order chi connectivity index (χ0) is 21.8. The van der Waals surface area contributed by atoms with Crippen LogP contribution in [0.3, 0.4) is 0 Å². The van der Waals surface area contributed by atoms with Gasteiger partial charge in [0, 0.05) is 12.3 Å². The minimum atomic E-state index is -4.54. The van der Waals surface area contributed by atoms with Crippen molar-refractivity contribution in [1.82, 2.24) is 9.55 Å². The molecule has 0 aliphatic carbocycles. The maximum absolute atomic E-state index is 13.5. The quantitative estimate of drug-likeness (QED) is 0.315. The fourth-order valence-electron chi connectivity index (χ4n) is 2.56. The Balaban J connectivity index is 2.94. The number of hydrogen-bond donors (Lipinski definition) is 5. The molecule has 5 N–H and O–H groups in total. The smallest absolute Gasteiger partial charge is 0.359 e. The van der Waals surface area contributed by atoms with Gasteiger partial charge in [0.25, 0.3) is 5.56 Å². The van der Waals surface area contributed by atoms with Crippen LogP contribution in [-0.2, 0) is 9.09 Å². The molecule has 0 saturated carbocycles. The van der Waals surface area contributed by atoms with Gasteiger partial charge in [0.15, 0.2) is 5.34 Å². The van der Waals surface area contributed by atoms with Crippen molar-refractivity contribution < 1.29 is 33.7 Å². The molecule has 0 bridgehead atoms. The summed E-state index contributed by atoms with van der Waals surface area (Å²) in [7, 11) is -4.54. The van der Waals surface area contributed by atoms with Crippen LogP contribution in [-0.4, -0.2) is 60.1 Å². The third-order valence-corrected chi connectivity index (χ3v) is 6.43. The number of H-pyrrole nitrogens is 1. The molecule has 2 unspecified atom stereocenters. The number of nitrogens with zero attached hydrogens (tertiary/aromatic N) is 1. The van der Waals surface area contributed by atoms with E-state index in [0.29, 0.717) is 0 Å². The lowest BCUT2D eigenvalue weighted by Gasteiger charge is -2.34. The summed E-state index contributed by atoms with van der Waals surface area (Å²) in [5.41, 5.74) is -3.09. The van der Waals surface area contributed by atoms with Crippen molar-refractivity contribution in [3.63, 3.8) is 0 Å². The highest BCUT2D eigenvalue weighted by atomic mass is 31.2. The summed E-state index contributed by atoms with van der Waals surface area (Å²) in [6, 6.07) is 0.159. The molecule has 0 spiro atoms. The maximum Gasteiger partial charge on any atom is 0.359 e. The van der Waals surface area contributed by atoms with E-state index in [9.17, 15) is 38.8 Å². The van der Waals surface area contributed by atoms with E-state index >= 15 is 0 Å². The lowest BCUT2D eigenvalue weighted by Crippen LogP contribution is -2.38. The third-order valence-electron chi connectivity index (χ3n) is 4.36. The first-order valence-electron chi connectivity index (χ1n) is 8.69. The van der Waals surface area contributed by atoms with E-state index in [1.807, 2.05) is 4.98 Å². The molecule has 1 rings (SSSR count). The van der Waals surface area contributed by atoms with Crippen LogP contribution in [0.1, 0.15) is 46.1 Å². The molecule has 28 heavy (non-hydrogen) atoms. The molecule has 4 atom stereocenters. The van der Waals surface area contributed by atoms with Crippen LogP contribution in [0.4, 0.5) is 4.39 Å². The number of aliphatic hydroxyl groups excluding tert-OH is 2. The van der Waals surface area contributed by atoms with Crippen molar-refractivity contribution in [3.05, 3.63) is 33.1 Å². The highest BCUT2D eigenvalue weighted by Gasteiger charge is 2.44. The van der Waals surface area contributed by atoms with Crippen molar-refractivity contribution in [2.45, 2.75) is 63.1 Å². The van der Waals surface area contributed by atoms with Crippen molar-refractivity contribution in [2.75, 3.05) is 13.3 Å². The molecule has 0 aromatic carbocycles. The standard InChI is InChI=1S/C16H28FN2O8P/c1-15(2,24)28(25,26)27-16(3,10-17)7-4-5-11(12(21)9-20)19-8-6-13(22)18-14(19)23/h6,8,11-12,20-21,24H,4-5,7,9-10H2,1-3H3,(H,25,26)(H,18,22,23)/t11-,12-,16?/m1/s1. The molecule has 12 heteroatoms. The van der Waals surface area contributed by atoms with Crippen molar-refractivity contribution in [1.29, 1.82) is 0 Å². The van der Waals surface area contributed by atoms with E-state index in [2.05, 4.69) is 0 Å². The van der Waals surface area contributed by atoms with E-state index in [1.165, 1.54) is 13.1 Å². The fraction of sp³-hybridized carbons (Fsp3) is 0.750. The van der Waals surface area contributed by atoms with Crippen molar-refractivity contribution in [2.24, 2.45) is 0 Å². The van der Waals surface area contributed by atoms with E-state index in [0.717, 1.165) is 24.5 Å². The molecule has 1 heterocycles. The van der Waals surface area contributed by atoms with Crippen molar-refractivity contribution in [3.8, 4) is 0 Å². The van der Waals surface area contributed by atoms with Gasteiger partial charge in [-0.15, -0.1) is 0 Å². The zero-order valence-electron chi connectivity index (χ0n) is 16.0. The van der Waals surface area contributed by atoms with Gasteiger partial charge in [-0.1, -0.05) is 0 Å². The predicted molar refractivity (Wildman–Crippen MR) is 98.9 cm³/mol. The Kier molecular flexibility index (Phi) is 8.31. The Hall–Kier alpha value is -1.36. The van der Waals surface area contributed by atoms with Gasteiger partial charge in [0.05, 0.1) is 18.8 Å². The van der Waals surface area contributed by atoms with Crippen molar-refractivity contribution >= 4 is 7.60 Å². The second kappa shape index (κ2) is 9.43. The molecule has 0 amide bonds. The topological polar surface area (TPSA) is 162 Å². The lowest BCUT2D eigenvalue weighted by molar-refractivity contribution is 0.00727. The van der Waals surface area contributed by atoms with Gasteiger partial charge in [-0.3, -0.25) is 23.4 Å². The van der Waals surface area contributed by atoms with E-state index < -0.39 is 55.2 Å². The van der Waals surface area contributed by atoms with Gasteiger partial charge in [-0.25, -0.2) is 9.18 Å². The van der Waals surface area contributed by atoms with Crippen LogP contribution in [0.25, 0.3) is 0 Å². The molecule has 162 valence electrons. The van der Waals surface area contributed by atoms with Crippen LogP contribution in [0.2, 0.25) is 0 Å². The maximum atomic E-state index is 13.5. The molecular formula is C16H28FN2O8P. The van der Waals surface area contributed by atoms with Gasteiger partial charge < -0.3 is 20.2 Å². The first-order chi connectivity index (χ1) is 12.8. The number of aliphatic hydroxyl groups is 3. The van der Waals surface area contributed by atoms with Gasteiger partial charge in [0.2, 0.25) is 0 Å². The fourth-order valence-corrected chi connectivity index (χ4v) is 3.52. The van der Waals surface area contributed by atoms with E-state index in [4.69, 9.17) is 4.52 Å². The third kappa shape index (κ3) is 6.33. The zero-order valence-corrected chi connectivity index (χ0v) is 16.9. The van der Waals surface area contributed by atoms with Crippen LogP contribution in [0, 0.1) is 0 Å². The molecule has 0 aliphatic heterocycles. The SMILES string of the molecule is CC(CF)(CCC[C@H]([C@H](O)CO)n1ccc(=O)[nH]c1=O)OP(=O)(O)C(C)(C)O. The summed E-state index contributed by atoms with van der Waals surface area (Å²) in [5, 5.41) is 26.9. The highest BCUT2D eigenvalue weighted by Crippen LogP contribution is 2.56. The first kappa shape index (κ1) is 24.7. The van der Waals surface area contributed by atoms with Gasteiger partial charge in [0.1, 0.15) is 12.3 Å². The minimum Gasteiger partial charge on any atom is -0.394 e. The lowest BCUT2D eigenvalue weighted by atomic mass is 9.96. The Morgan fingerprint density at radius 1 is 1.36 bits per heavy atom. The summed E-state index contributed by atoms with van der Waals surface area (Å²) < 4.78 is 31.7. The number of alkyl halides is 1. The normalized spacial score (nSPS) is 18.9. The first-order valence-corrected chi connectivity index (χ1v) is 10.3. The van der Waals surface area contributed by atoms with Gasteiger partial charge in [-0.2, -0.15) is 0 Å². The largest absolute Gasteiger partial charge is 0.394 e. The molecule has 0 aliphatic rings. The van der Waals surface area contributed by atoms with Crippen LogP contribution in [0.15, 0.2) is 21.9 Å². The second-order valence-corrected chi connectivity index (χ2v) is 9.73. The number of halogens is 1. The number of aromatic amines is 1. The summed E-state index contributed by atoms with van der Waals surface area (Å²) in [6.45, 7) is 1.65. The summed E-state index contributed by atoms with van der Waals surface area (Å²) >= 11 is 0. The van der Waals surface area contributed by atoms with Gasteiger partial charge in [-0.05, 0) is 40.0 Å². The number of nitrogens with one attached hydrogen (secondary N) is 1. The average molecular weight is 426 g/mol. The summed E-state index contributed by atoms with van der Waals surface area (Å²) in [5.74, 6) is 0. The molecular weight excluding hydrogens is 398 g/mol. The monoisotopic (exact) mass is 426 g/mol. The summed E-state index contributed by atoms with van der Waals surface area (Å²) in [6.07, 6.45) is -0.0194. The second-order valence-electron chi connectivity index (χ2n) is 7.42. The number of hydrogen-bond acceptors (Lipinski definition) is 7. The molecule has 0 saturated heterocycles. The molecule has 1 aromatic rings. The number of aromatic nitrogens is 2. The van der Waals surface area contributed by atoms with Crippen LogP contribution < -0.4 is 11.2 Å². The Labute approximate surface area is 161 Å². The molecule has 10 nitrogen and oxygen atoms in total. The Morgan fingerprint density at radius 2 is 1.96 bits per heavy atom. The summed E-state index contributed by atoms with van der Waals surface area (Å²) in [4.78, 5) is 35.0. The van der Waals surface area contributed by atoms with E-state index in [-0.39, 0.29) is 19.3 Å². The Morgan fingerprint density at radius 3 is 2.43 bits per heavy atom.